The lowest BCUT2D eigenvalue weighted by atomic mass is 9.78. The molecule has 2 unspecified atom stereocenters. The van der Waals surface area contributed by atoms with Crippen molar-refractivity contribution in [1.82, 2.24) is 10.6 Å². The number of hydrogen-bond donors (Lipinski definition) is 3. The number of carboxylic acids is 1. The average Bonchev–Trinajstić information content (AvgIpc) is 3.21. The molecule has 1 aromatic rings. The van der Waals surface area contributed by atoms with Gasteiger partial charge in [-0.15, -0.1) is 0 Å². The van der Waals surface area contributed by atoms with Crippen molar-refractivity contribution in [2.24, 2.45) is 5.92 Å². The van der Waals surface area contributed by atoms with Gasteiger partial charge in [0.2, 0.25) is 0 Å². The number of carbonyl (C=O) groups is 2. The summed E-state index contributed by atoms with van der Waals surface area (Å²) in [7, 11) is 0. The van der Waals surface area contributed by atoms with Gasteiger partial charge < -0.3 is 15.7 Å². The number of rotatable bonds is 5. The second kappa shape index (κ2) is 5.15. The molecule has 1 aromatic carbocycles. The molecule has 1 saturated carbocycles. The summed E-state index contributed by atoms with van der Waals surface area (Å²) in [5, 5.41) is 14.4. The molecule has 3 rings (SSSR count). The molecule has 5 heteroatoms. The van der Waals surface area contributed by atoms with Crippen molar-refractivity contribution in [3.63, 3.8) is 0 Å². The topological polar surface area (TPSA) is 78.4 Å². The maximum Gasteiger partial charge on any atom is 0.326 e. The zero-order valence-electron chi connectivity index (χ0n) is 11.1. The molecule has 0 aromatic heterocycles. The Balaban J connectivity index is 1.47. The van der Waals surface area contributed by atoms with E-state index in [9.17, 15) is 9.59 Å². The first-order chi connectivity index (χ1) is 9.65. The van der Waals surface area contributed by atoms with E-state index >= 15 is 0 Å². The average molecular weight is 274 g/mol. The number of carbonyl (C=O) groups excluding carboxylic acids is 1. The number of fused-ring (bicyclic) bond motifs is 1. The van der Waals surface area contributed by atoms with Crippen LogP contribution in [0, 0.1) is 5.92 Å². The minimum Gasteiger partial charge on any atom is -0.480 e. The smallest absolute Gasteiger partial charge is 0.326 e. The van der Waals surface area contributed by atoms with Gasteiger partial charge in [0.05, 0.1) is 0 Å². The molecule has 20 heavy (non-hydrogen) atoms. The maximum absolute atomic E-state index is 11.8. The Morgan fingerprint density at radius 2 is 2.05 bits per heavy atom. The largest absolute Gasteiger partial charge is 0.480 e. The van der Waals surface area contributed by atoms with Crippen LogP contribution in [0.1, 0.15) is 29.9 Å². The first-order valence-electron chi connectivity index (χ1n) is 7.00. The molecule has 2 amide bonds. The first-order valence-corrected chi connectivity index (χ1v) is 7.00. The summed E-state index contributed by atoms with van der Waals surface area (Å²) in [4.78, 5) is 22.8. The number of carboxylic acid groups (broad SMARTS) is 1. The molecule has 2 atom stereocenters. The predicted octanol–water partition coefficient (Wildman–Crippen LogP) is 1.49. The third-order valence-electron chi connectivity index (χ3n) is 4.12. The molecule has 1 fully saturated rings. The van der Waals surface area contributed by atoms with Crippen LogP contribution in [0.3, 0.4) is 0 Å². The van der Waals surface area contributed by atoms with E-state index in [0.717, 1.165) is 19.3 Å². The number of amides is 2. The summed E-state index contributed by atoms with van der Waals surface area (Å²) in [6.45, 7) is 0.555. The van der Waals surface area contributed by atoms with Crippen LogP contribution in [0.4, 0.5) is 4.79 Å². The van der Waals surface area contributed by atoms with Crippen molar-refractivity contribution >= 4 is 12.0 Å². The molecule has 0 aliphatic heterocycles. The molecule has 106 valence electrons. The van der Waals surface area contributed by atoms with E-state index in [1.807, 2.05) is 12.1 Å². The Hall–Kier alpha value is -2.04. The second-order valence-electron chi connectivity index (χ2n) is 5.61. The third-order valence-corrected chi connectivity index (χ3v) is 4.12. The predicted molar refractivity (Wildman–Crippen MR) is 73.6 cm³/mol. The molecule has 2 aliphatic carbocycles. The molecule has 3 N–H and O–H groups in total. The first kappa shape index (κ1) is 13.0. The van der Waals surface area contributed by atoms with Gasteiger partial charge in [0.15, 0.2) is 0 Å². The molecule has 0 radical (unpaired) electrons. The molecular formula is C15H18N2O3. The second-order valence-corrected chi connectivity index (χ2v) is 5.61. The highest BCUT2D eigenvalue weighted by atomic mass is 16.4. The minimum absolute atomic E-state index is 0.0997. The number of benzene rings is 1. The van der Waals surface area contributed by atoms with Crippen LogP contribution in [-0.2, 0) is 11.2 Å². The van der Waals surface area contributed by atoms with E-state index in [2.05, 4.69) is 22.8 Å². The van der Waals surface area contributed by atoms with Crippen molar-refractivity contribution in [1.29, 1.82) is 0 Å². The fourth-order valence-corrected chi connectivity index (χ4v) is 2.76. The van der Waals surface area contributed by atoms with Crippen LogP contribution in [0.5, 0.6) is 0 Å². The molecule has 0 spiro atoms. The highest BCUT2D eigenvalue weighted by Gasteiger charge is 2.37. The van der Waals surface area contributed by atoms with Crippen LogP contribution >= 0.6 is 0 Å². The van der Waals surface area contributed by atoms with Gasteiger partial charge in [-0.2, -0.15) is 0 Å². The molecule has 0 bridgehead atoms. The van der Waals surface area contributed by atoms with Gasteiger partial charge in [-0.25, -0.2) is 9.59 Å². The van der Waals surface area contributed by atoms with Gasteiger partial charge in [-0.05, 0) is 36.3 Å². The summed E-state index contributed by atoms with van der Waals surface area (Å²) in [5.74, 6) is -0.500. The van der Waals surface area contributed by atoms with Crippen LogP contribution in [-0.4, -0.2) is 29.7 Å². The number of aliphatic carboxylic acids is 1. The summed E-state index contributed by atoms with van der Waals surface area (Å²) >= 11 is 0. The fourth-order valence-electron chi connectivity index (χ4n) is 2.76. The van der Waals surface area contributed by atoms with Crippen molar-refractivity contribution in [2.75, 3.05) is 6.54 Å². The Labute approximate surface area is 117 Å². The summed E-state index contributed by atoms with van der Waals surface area (Å²) < 4.78 is 0. The zero-order valence-corrected chi connectivity index (χ0v) is 11.1. The Morgan fingerprint density at radius 3 is 2.70 bits per heavy atom. The highest BCUT2D eigenvalue weighted by molar-refractivity contribution is 5.83. The minimum atomic E-state index is -0.948. The van der Waals surface area contributed by atoms with Crippen molar-refractivity contribution in [3.05, 3.63) is 35.4 Å². The van der Waals surface area contributed by atoms with E-state index in [4.69, 9.17) is 5.11 Å². The molecular weight excluding hydrogens is 256 g/mol. The van der Waals surface area contributed by atoms with Gasteiger partial charge in [0.25, 0.3) is 0 Å². The van der Waals surface area contributed by atoms with Crippen molar-refractivity contribution < 1.29 is 14.7 Å². The summed E-state index contributed by atoms with van der Waals surface area (Å²) in [6, 6.07) is 7.06. The van der Waals surface area contributed by atoms with Crippen LogP contribution < -0.4 is 10.6 Å². The highest BCUT2D eigenvalue weighted by Crippen LogP contribution is 2.34. The van der Waals surface area contributed by atoms with Crippen LogP contribution in [0.25, 0.3) is 0 Å². The van der Waals surface area contributed by atoms with Gasteiger partial charge in [0, 0.05) is 12.5 Å². The standard InChI is InChI=1S/C15H18N2O3/c18-14(19)13(9-5-6-9)17-15(20)16-8-11-7-10-3-1-2-4-12(10)11/h1-4,9,11,13H,5-8H2,(H,18,19)(H2,16,17,20). The molecule has 5 nitrogen and oxygen atoms in total. The SMILES string of the molecule is O=C(NCC1Cc2ccccc21)NC(C(=O)O)C1CC1. The molecule has 0 saturated heterocycles. The number of hydrogen-bond acceptors (Lipinski definition) is 2. The lowest BCUT2D eigenvalue weighted by Gasteiger charge is -2.30. The lowest BCUT2D eigenvalue weighted by Crippen LogP contribution is -2.48. The Bertz CT molecular complexity index is 540. The van der Waals surface area contributed by atoms with E-state index in [1.165, 1.54) is 11.1 Å². The number of urea groups is 1. The van der Waals surface area contributed by atoms with Crippen LogP contribution in [0.15, 0.2) is 24.3 Å². The lowest BCUT2D eigenvalue weighted by molar-refractivity contribution is -0.139. The van der Waals surface area contributed by atoms with E-state index in [1.54, 1.807) is 0 Å². The summed E-state index contributed by atoms with van der Waals surface area (Å²) in [6.07, 6.45) is 2.74. The quantitative estimate of drug-likeness (QED) is 0.761. The number of nitrogens with one attached hydrogen (secondary N) is 2. The molecule has 2 aliphatic rings. The van der Waals surface area contributed by atoms with E-state index < -0.39 is 12.0 Å². The van der Waals surface area contributed by atoms with E-state index in [0.29, 0.717) is 12.5 Å². The Kier molecular flexibility index (Phi) is 3.34. The summed E-state index contributed by atoms with van der Waals surface area (Å²) in [5.41, 5.74) is 2.62. The van der Waals surface area contributed by atoms with Crippen molar-refractivity contribution in [3.8, 4) is 0 Å². The third kappa shape index (κ3) is 2.61. The van der Waals surface area contributed by atoms with Crippen molar-refractivity contribution in [2.45, 2.75) is 31.2 Å². The fraction of sp³-hybridized carbons (Fsp3) is 0.467. The van der Waals surface area contributed by atoms with Gasteiger partial charge in [-0.3, -0.25) is 0 Å². The van der Waals surface area contributed by atoms with E-state index in [-0.39, 0.29) is 11.9 Å². The van der Waals surface area contributed by atoms with Gasteiger partial charge >= 0.3 is 12.0 Å². The maximum atomic E-state index is 11.8. The molecule has 0 heterocycles. The van der Waals surface area contributed by atoms with Gasteiger partial charge in [0.1, 0.15) is 6.04 Å². The Morgan fingerprint density at radius 1 is 1.30 bits per heavy atom. The van der Waals surface area contributed by atoms with Gasteiger partial charge in [-0.1, -0.05) is 24.3 Å². The normalized spacial score (nSPS) is 21.3. The monoisotopic (exact) mass is 274 g/mol. The van der Waals surface area contributed by atoms with Crippen LogP contribution in [0.2, 0.25) is 0 Å². The zero-order chi connectivity index (χ0) is 14.1.